The molecule has 0 spiro atoms. The Morgan fingerprint density at radius 2 is 2.16 bits per heavy atom. The van der Waals surface area contributed by atoms with Gasteiger partial charge in [0.1, 0.15) is 5.82 Å². The fraction of sp³-hybridized carbons (Fsp3) is 0.455. The number of aliphatic hydroxyl groups excluding tert-OH is 1. The van der Waals surface area contributed by atoms with E-state index >= 15 is 0 Å². The maximum absolute atomic E-state index is 13.0. The predicted octanol–water partition coefficient (Wildman–Crippen LogP) is 0.541. The third-order valence-electron chi connectivity index (χ3n) is 3.17. The van der Waals surface area contributed by atoms with E-state index in [2.05, 4.69) is 21.2 Å². The molecule has 2 atom stereocenters. The molecule has 0 aromatic heterocycles. The maximum Gasteiger partial charge on any atom is 0.244 e. The van der Waals surface area contributed by atoms with Crippen LogP contribution in [0.5, 0.6) is 0 Å². The number of halogens is 2. The van der Waals surface area contributed by atoms with Crippen LogP contribution in [0.15, 0.2) is 27.6 Å². The average molecular weight is 353 g/mol. The van der Waals surface area contributed by atoms with Gasteiger partial charge in [0, 0.05) is 24.6 Å². The van der Waals surface area contributed by atoms with Crippen LogP contribution < -0.4 is 5.32 Å². The summed E-state index contributed by atoms with van der Waals surface area (Å²) < 4.78 is 39.2. The number of nitrogens with one attached hydrogen (secondary N) is 1. The van der Waals surface area contributed by atoms with Crippen LogP contribution in [0.1, 0.15) is 0 Å². The highest BCUT2D eigenvalue weighted by molar-refractivity contribution is 9.10. The molecule has 1 saturated heterocycles. The summed E-state index contributed by atoms with van der Waals surface area (Å²) in [6, 6.07) is 2.88. The second kappa shape index (κ2) is 5.45. The fourth-order valence-electron chi connectivity index (χ4n) is 2.04. The number of sulfonamides is 1. The van der Waals surface area contributed by atoms with Crippen LogP contribution in [0.2, 0.25) is 0 Å². The van der Waals surface area contributed by atoms with Gasteiger partial charge in [0.15, 0.2) is 0 Å². The van der Waals surface area contributed by atoms with Crippen molar-refractivity contribution < 1.29 is 17.9 Å². The lowest BCUT2D eigenvalue weighted by Gasteiger charge is -2.26. The molecule has 0 saturated carbocycles. The van der Waals surface area contributed by atoms with Crippen molar-refractivity contribution in [1.29, 1.82) is 0 Å². The molecular formula is C11H14BrFN2O3S. The van der Waals surface area contributed by atoms with Gasteiger partial charge in [-0.2, -0.15) is 4.31 Å². The maximum atomic E-state index is 13.0. The Bertz CT molecular complexity index is 581. The number of aliphatic hydroxyl groups is 1. The Kier molecular flexibility index (Phi) is 4.26. The average Bonchev–Trinajstić information content (AvgIpc) is 2.73. The van der Waals surface area contributed by atoms with Crippen molar-refractivity contribution in [3.8, 4) is 0 Å². The third kappa shape index (κ3) is 2.82. The Morgan fingerprint density at radius 1 is 1.47 bits per heavy atom. The van der Waals surface area contributed by atoms with E-state index in [0.29, 0.717) is 13.1 Å². The third-order valence-corrected chi connectivity index (χ3v) is 6.03. The molecule has 0 unspecified atom stereocenters. The minimum Gasteiger partial charge on any atom is -0.390 e. The Hall–Kier alpha value is -0.540. The van der Waals surface area contributed by atoms with Gasteiger partial charge in [-0.1, -0.05) is 0 Å². The number of hydrogen-bond donors (Lipinski definition) is 2. The van der Waals surface area contributed by atoms with Crippen LogP contribution in [-0.4, -0.2) is 50.1 Å². The van der Waals surface area contributed by atoms with Crippen LogP contribution >= 0.6 is 15.9 Å². The Morgan fingerprint density at radius 3 is 2.68 bits per heavy atom. The van der Waals surface area contributed by atoms with Crippen LogP contribution in [0.25, 0.3) is 0 Å². The molecule has 2 N–H and O–H groups in total. The number of rotatable bonds is 3. The molecule has 19 heavy (non-hydrogen) atoms. The van der Waals surface area contributed by atoms with Crippen LogP contribution in [0, 0.1) is 5.82 Å². The van der Waals surface area contributed by atoms with Gasteiger partial charge < -0.3 is 10.4 Å². The number of β-amino-alcohol motifs (C(OH)–C–C–N with tert-alkyl or cyclic N) is 1. The summed E-state index contributed by atoms with van der Waals surface area (Å²) in [6.45, 7) is 0.741. The quantitative estimate of drug-likeness (QED) is 0.833. The first-order chi connectivity index (χ1) is 8.84. The molecule has 0 aliphatic carbocycles. The fourth-order valence-corrected chi connectivity index (χ4v) is 4.43. The number of nitrogens with zero attached hydrogens (tertiary/aromatic N) is 1. The zero-order valence-electron chi connectivity index (χ0n) is 10.2. The summed E-state index contributed by atoms with van der Waals surface area (Å²) in [5.41, 5.74) is 0. The minimum absolute atomic E-state index is 0.0181. The molecule has 1 heterocycles. The first-order valence-corrected chi connectivity index (χ1v) is 7.89. The number of hydrogen-bond acceptors (Lipinski definition) is 4. The van der Waals surface area contributed by atoms with Gasteiger partial charge in [0.2, 0.25) is 10.0 Å². The topological polar surface area (TPSA) is 69.6 Å². The summed E-state index contributed by atoms with van der Waals surface area (Å²) in [4.78, 5) is -0.0181. The second-order valence-electron chi connectivity index (χ2n) is 4.39. The molecule has 1 aliphatic heterocycles. The molecule has 0 bridgehead atoms. The first kappa shape index (κ1) is 14.9. The molecular weight excluding hydrogens is 339 g/mol. The van der Waals surface area contributed by atoms with Gasteiger partial charge in [0.05, 0.1) is 17.0 Å². The monoisotopic (exact) mass is 352 g/mol. The van der Waals surface area contributed by atoms with Crippen LogP contribution in [-0.2, 0) is 10.0 Å². The summed E-state index contributed by atoms with van der Waals surface area (Å²) in [5, 5.41) is 12.7. The van der Waals surface area contributed by atoms with E-state index in [1.54, 1.807) is 0 Å². The van der Waals surface area contributed by atoms with Crippen molar-refractivity contribution >= 4 is 26.0 Å². The first-order valence-electron chi connectivity index (χ1n) is 5.66. The van der Waals surface area contributed by atoms with E-state index in [-0.39, 0.29) is 9.37 Å². The summed E-state index contributed by atoms with van der Waals surface area (Å²) in [7, 11) is -2.37. The van der Waals surface area contributed by atoms with Crippen LogP contribution in [0.4, 0.5) is 4.39 Å². The van der Waals surface area contributed by atoms with Gasteiger partial charge in [-0.05, 0) is 34.1 Å². The Balaban J connectivity index is 2.36. The molecule has 1 aliphatic rings. The van der Waals surface area contributed by atoms with Crippen molar-refractivity contribution in [2.45, 2.75) is 17.0 Å². The van der Waals surface area contributed by atoms with E-state index < -0.39 is 28.0 Å². The van der Waals surface area contributed by atoms with E-state index in [1.165, 1.54) is 13.1 Å². The largest absolute Gasteiger partial charge is 0.390 e. The van der Waals surface area contributed by atoms with Crippen molar-refractivity contribution in [3.63, 3.8) is 0 Å². The number of likely N-dealkylation sites (N-methyl/N-ethyl adjacent to an activating group) is 1. The summed E-state index contributed by atoms with van der Waals surface area (Å²) >= 11 is 3.05. The zero-order chi connectivity index (χ0) is 14.2. The van der Waals surface area contributed by atoms with Gasteiger partial charge >= 0.3 is 0 Å². The van der Waals surface area contributed by atoms with Gasteiger partial charge in [-0.3, -0.25) is 0 Å². The number of benzene rings is 1. The SMILES string of the molecule is CN([C@H]1CNC[C@@H]1O)S(=O)(=O)c1ccc(F)cc1Br. The molecule has 1 aromatic carbocycles. The lowest BCUT2D eigenvalue weighted by molar-refractivity contribution is 0.136. The smallest absolute Gasteiger partial charge is 0.244 e. The molecule has 0 amide bonds. The van der Waals surface area contributed by atoms with E-state index in [0.717, 1.165) is 16.4 Å². The van der Waals surface area contributed by atoms with E-state index in [4.69, 9.17) is 0 Å². The summed E-state index contributed by atoms with van der Waals surface area (Å²) in [6.07, 6.45) is -0.751. The van der Waals surface area contributed by atoms with Gasteiger partial charge in [-0.15, -0.1) is 0 Å². The highest BCUT2D eigenvalue weighted by atomic mass is 79.9. The molecule has 5 nitrogen and oxygen atoms in total. The highest BCUT2D eigenvalue weighted by Crippen LogP contribution is 2.27. The second-order valence-corrected chi connectivity index (χ2v) is 7.21. The molecule has 1 aromatic rings. The van der Waals surface area contributed by atoms with Crippen molar-refractivity contribution in [2.75, 3.05) is 20.1 Å². The zero-order valence-corrected chi connectivity index (χ0v) is 12.6. The van der Waals surface area contributed by atoms with E-state index in [9.17, 15) is 17.9 Å². The highest BCUT2D eigenvalue weighted by Gasteiger charge is 2.36. The minimum atomic E-state index is -3.78. The Labute approximate surface area is 119 Å². The van der Waals surface area contributed by atoms with E-state index in [1.807, 2.05) is 0 Å². The molecule has 106 valence electrons. The predicted molar refractivity (Wildman–Crippen MR) is 71.7 cm³/mol. The lowest BCUT2D eigenvalue weighted by Crippen LogP contribution is -2.44. The van der Waals surface area contributed by atoms with Crippen molar-refractivity contribution in [3.05, 3.63) is 28.5 Å². The van der Waals surface area contributed by atoms with Gasteiger partial charge in [0.25, 0.3) is 0 Å². The normalized spacial score (nSPS) is 24.1. The van der Waals surface area contributed by atoms with Crippen molar-refractivity contribution in [2.24, 2.45) is 0 Å². The van der Waals surface area contributed by atoms with Crippen LogP contribution in [0.3, 0.4) is 0 Å². The van der Waals surface area contributed by atoms with Crippen molar-refractivity contribution in [1.82, 2.24) is 9.62 Å². The lowest BCUT2D eigenvalue weighted by atomic mass is 10.2. The standard InChI is InChI=1S/C11H14BrFN2O3S/c1-15(9-5-14-6-10(9)16)19(17,18)11-3-2-7(13)4-8(11)12/h2-4,9-10,14,16H,5-6H2,1H3/t9-,10-/m0/s1. The summed E-state index contributed by atoms with van der Waals surface area (Å²) in [5.74, 6) is -0.518. The molecule has 0 radical (unpaired) electrons. The molecule has 1 fully saturated rings. The van der Waals surface area contributed by atoms with Gasteiger partial charge in [-0.25, -0.2) is 12.8 Å². The molecule has 8 heteroatoms. The molecule has 2 rings (SSSR count).